The lowest BCUT2D eigenvalue weighted by molar-refractivity contribution is -0.205. The Kier molecular flexibility index (Phi) is 5.35. The fraction of sp³-hybridized carbons (Fsp3) is 0.500. The number of hydrogen-bond donors (Lipinski definition) is 3. The normalized spacial score (nSPS) is 16.0. The standard InChI is InChI=1S/C12H15F3N2O3S/c1-7(8-4-3-5-21-8)17-9(18)6-16-11(2,10(19)20)12(13,14)15/h3-5,7,16H,6H2,1-2H3,(H,17,18)(H,19,20). The van der Waals surface area contributed by atoms with Crippen LogP contribution in [0.15, 0.2) is 17.5 Å². The second kappa shape index (κ2) is 6.44. The van der Waals surface area contributed by atoms with Crippen molar-refractivity contribution in [3.63, 3.8) is 0 Å². The molecule has 0 bridgehead atoms. The van der Waals surface area contributed by atoms with Crippen molar-refractivity contribution in [2.75, 3.05) is 6.54 Å². The van der Waals surface area contributed by atoms with Crippen molar-refractivity contribution in [1.82, 2.24) is 10.6 Å². The Morgan fingerprint density at radius 2 is 2.05 bits per heavy atom. The monoisotopic (exact) mass is 324 g/mol. The molecular formula is C12H15F3N2O3S. The molecule has 1 amide bonds. The van der Waals surface area contributed by atoms with E-state index in [1.807, 2.05) is 0 Å². The van der Waals surface area contributed by atoms with E-state index in [0.717, 1.165) is 4.88 Å². The third-order valence-corrected chi connectivity index (χ3v) is 4.00. The average molecular weight is 324 g/mol. The molecule has 118 valence electrons. The van der Waals surface area contributed by atoms with Crippen LogP contribution in [-0.2, 0) is 9.59 Å². The van der Waals surface area contributed by atoms with Gasteiger partial charge in [-0.05, 0) is 25.3 Å². The molecule has 0 spiro atoms. The van der Waals surface area contributed by atoms with Gasteiger partial charge in [0.15, 0.2) is 0 Å². The zero-order valence-corrected chi connectivity index (χ0v) is 12.1. The first-order valence-corrected chi connectivity index (χ1v) is 6.84. The molecule has 9 heteroatoms. The van der Waals surface area contributed by atoms with Crippen LogP contribution in [0.5, 0.6) is 0 Å². The van der Waals surface area contributed by atoms with Crippen LogP contribution < -0.4 is 10.6 Å². The topological polar surface area (TPSA) is 78.4 Å². The van der Waals surface area contributed by atoms with E-state index in [1.54, 1.807) is 29.8 Å². The smallest absolute Gasteiger partial charge is 0.417 e. The summed E-state index contributed by atoms with van der Waals surface area (Å²) < 4.78 is 38.2. The molecule has 0 aromatic carbocycles. The summed E-state index contributed by atoms with van der Waals surface area (Å²) >= 11 is 1.40. The second-order valence-electron chi connectivity index (χ2n) is 4.59. The molecule has 2 atom stereocenters. The van der Waals surface area contributed by atoms with Crippen LogP contribution in [0.2, 0.25) is 0 Å². The Labute approximate surface area is 123 Å². The summed E-state index contributed by atoms with van der Waals surface area (Å²) in [6.07, 6.45) is -5.02. The molecule has 5 nitrogen and oxygen atoms in total. The molecule has 0 aliphatic rings. The van der Waals surface area contributed by atoms with Gasteiger partial charge in [0.1, 0.15) is 0 Å². The number of carboxylic acid groups (broad SMARTS) is 1. The summed E-state index contributed by atoms with van der Waals surface area (Å²) in [4.78, 5) is 23.2. The number of nitrogens with one attached hydrogen (secondary N) is 2. The lowest BCUT2D eigenvalue weighted by atomic mass is 10.0. The predicted molar refractivity (Wildman–Crippen MR) is 71.0 cm³/mol. The van der Waals surface area contributed by atoms with Crippen molar-refractivity contribution in [1.29, 1.82) is 0 Å². The lowest BCUT2D eigenvalue weighted by Gasteiger charge is -2.28. The molecule has 2 unspecified atom stereocenters. The molecule has 3 N–H and O–H groups in total. The molecule has 0 aliphatic heterocycles. The first kappa shape index (κ1) is 17.4. The van der Waals surface area contributed by atoms with Crippen molar-refractivity contribution in [3.05, 3.63) is 22.4 Å². The SMILES string of the molecule is CC(NC(=O)CNC(C)(C(=O)O)C(F)(F)F)c1cccs1. The number of carbonyl (C=O) groups excluding carboxylic acids is 1. The van der Waals surface area contributed by atoms with Gasteiger partial charge in [0.05, 0.1) is 12.6 Å². The second-order valence-corrected chi connectivity index (χ2v) is 5.57. The van der Waals surface area contributed by atoms with Gasteiger partial charge < -0.3 is 10.4 Å². The van der Waals surface area contributed by atoms with Gasteiger partial charge in [0, 0.05) is 4.88 Å². The van der Waals surface area contributed by atoms with Gasteiger partial charge in [-0.1, -0.05) is 6.07 Å². The third kappa shape index (κ3) is 4.18. The van der Waals surface area contributed by atoms with Crippen molar-refractivity contribution < 1.29 is 27.9 Å². The summed E-state index contributed by atoms with van der Waals surface area (Å²) in [5, 5.41) is 14.8. The van der Waals surface area contributed by atoms with Gasteiger partial charge in [-0.25, -0.2) is 4.79 Å². The van der Waals surface area contributed by atoms with E-state index >= 15 is 0 Å². The van der Waals surface area contributed by atoms with Gasteiger partial charge >= 0.3 is 12.1 Å². The predicted octanol–water partition coefficient (Wildman–Crippen LogP) is 1.92. The van der Waals surface area contributed by atoms with E-state index in [0.29, 0.717) is 6.92 Å². The Hall–Kier alpha value is -1.61. The van der Waals surface area contributed by atoms with Gasteiger partial charge in [-0.2, -0.15) is 13.2 Å². The minimum atomic E-state index is -5.02. The molecule has 0 fully saturated rings. The maximum absolute atomic E-state index is 12.7. The quantitative estimate of drug-likeness (QED) is 0.747. The molecule has 0 saturated heterocycles. The summed E-state index contributed by atoms with van der Waals surface area (Å²) in [6.45, 7) is 1.41. The van der Waals surface area contributed by atoms with Crippen LogP contribution in [0, 0.1) is 0 Å². The number of hydrogen-bond acceptors (Lipinski definition) is 4. The Bertz CT molecular complexity index is 504. The molecule has 1 rings (SSSR count). The van der Waals surface area contributed by atoms with Gasteiger partial charge in [0.2, 0.25) is 11.4 Å². The van der Waals surface area contributed by atoms with Crippen molar-refractivity contribution in [2.45, 2.75) is 31.6 Å². The molecule has 1 heterocycles. The van der Waals surface area contributed by atoms with E-state index in [2.05, 4.69) is 5.32 Å². The molecule has 0 radical (unpaired) electrons. The molecule has 21 heavy (non-hydrogen) atoms. The van der Waals surface area contributed by atoms with Gasteiger partial charge in [-0.15, -0.1) is 11.3 Å². The third-order valence-electron chi connectivity index (χ3n) is 2.94. The average Bonchev–Trinajstić information content (AvgIpc) is 2.87. The highest BCUT2D eigenvalue weighted by atomic mass is 32.1. The zero-order chi connectivity index (χ0) is 16.3. The van der Waals surface area contributed by atoms with E-state index in [4.69, 9.17) is 5.11 Å². The summed E-state index contributed by atoms with van der Waals surface area (Å²) in [5.41, 5.74) is -3.17. The largest absolute Gasteiger partial charge is 0.480 e. The van der Waals surface area contributed by atoms with Gasteiger partial charge in [-0.3, -0.25) is 10.1 Å². The van der Waals surface area contributed by atoms with E-state index < -0.39 is 30.1 Å². The Balaban J connectivity index is 2.61. The maximum atomic E-state index is 12.7. The maximum Gasteiger partial charge on any atom is 0.417 e. The first-order chi connectivity index (χ1) is 9.58. The minimum absolute atomic E-state index is 0.360. The van der Waals surface area contributed by atoms with E-state index in [1.165, 1.54) is 11.3 Å². The number of thiophene rings is 1. The van der Waals surface area contributed by atoms with Crippen LogP contribution in [0.4, 0.5) is 13.2 Å². The zero-order valence-electron chi connectivity index (χ0n) is 11.3. The van der Waals surface area contributed by atoms with Crippen molar-refractivity contribution >= 4 is 23.2 Å². The first-order valence-electron chi connectivity index (χ1n) is 5.96. The summed E-state index contributed by atoms with van der Waals surface area (Å²) in [6, 6.07) is 3.20. The van der Waals surface area contributed by atoms with E-state index in [9.17, 15) is 22.8 Å². The van der Waals surface area contributed by atoms with E-state index in [-0.39, 0.29) is 6.04 Å². The Morgan fingerprint density at radius 1 is 1.43 bits per heavy atom. The Morgan fingerprint density at radius 3 is 2.48 bits per heavy atom. The lowest BCUT2D eigenvalue weighted by Crippen LogP contribution is -2.61. The van der Waals surface area contributed by atoms with Crippen molar-refractivity contribution in [3.8, 4) is 0 Å². The fourth-order valence-corrected chi connectivity index (χ4v) is 2.19. The fourth-order valence-electron chi connectivity index (χ4n) is 1.46. The molecule has 0 saturated carbocycles. The van der Waals surface area contributed by atoms with Crippen LogP contribution in [0.3, 0.4) is 0 Å². The minimum Gasteiger partial charge on any atom is -0.480 e. The van der Waals surface area contributed by atoms with Crippen LogP contribution in [-0.4, -0.2) is 35.2 Å². The molecule has 0 aliphatic carbocycles. The summed E-state index contributed by atoms with van der Waals surface area (Å²) in [5.74, 6) is -2.80. The molecular weight excluding hydrogens is 309 g/mol. The van der Waals surface area contributed by atoms with Gasteiger partial charge in [0.25, 0.3) is 0 Å². The number of halogens is 3. The molecule has 1 aromatic heterocycles. The summed E-state index contributed by atoms with van der Waals surface area (Å²) in [7, 11) is 0. The molecule has 1 aromatic rings. The highest BCUT2D eigenvalue weighted by Crippen LogP contribution is 2.30. The number of carbonyl (C=O) groups is 2. The van der Waals surface area contributed by atoms with Crippen LogP contribution >= 0.6 is 11.3 Å². The highest BCUT2D eigenvalue weighted by Gasteiger charge is 2.57. The number of aliphatic carboxylic acids is 1. The number of carboxylic acids is 1. The van der Waals surface area contributed by atoms with Crippen LogP contribution in [0.1, 0.15) is 24.8 Å². The number of alkyl halides is 3. The number of amides is 1. The number of rotatable bonds is 6. The highest BCUT2D eigenvalue weighted by molar-refractivity contribution is 7.10. The van der Waals surface area contributed by atoms with Crippen molar-refractivity contribution in [2.24, 2.45) is 0 Å². The van der Waals surface area contributed by atoms with Crippen LogP contribution in [0.25, 0.3) is 0 Å².